The van der Waals surface area contributed by atoms with Gasteiger partial charge in [0.15, 0.2) is 5.82 Å². The molecule has 0 saturated carbocycles. The number of piperazine rings is 1. The third-order valence-corrected chi connectivity index (χ3v) is 7.05. The van der Waals surface area contributed by atoms with Crippen LogP contribution in [0.15, 0.2) is 53.8 Å². The molecule has 5 rings (SSSR count). The Labute approximate surface area is 205 Å². The molecule has 1 fully saturated rings. The van der Waals surface area contributed by atoms with Crippen molar-refractivity contribution in [3.05, 3.63) is 60.6 Å². The third-order valence-electron chi connectivity index (χ3n) is 5.65. The second-order valence-corrected chi connectivity index (χ2v) is 9.61. The third kappa shape index (κ3) is 4.62. The normalized spacial score (nSPS) is 14.1. The number of hydrogen-bond acceptors (Lipinski definition) is 9. The molecule has 1 saturated heterocycles. The molecule has 4 heterocycles. The molecular formula is C23H21F2N7O3S. The summed E-state index contributed by atoms with van der Waals surface area (Å²) in [4.78, 5) is 19.1. The zero-order chi connectivity index (χ0) is 25.3. The van der Waals surface area contributed by atoms with Crippen molar-refractivity contribution in [2.75, 3.05) is 42.9 Å². The number of sulfonamides is 1. The van der Waals surface area contributed by atoms with E-state index in [0.29, 0.717) is 34.2 Å². The first-order valence-corrected chi connectivity index (χ1v) is 12.4. The lowest BCUT2D eigenvalue weighted by Gasteiger charge is -2.28. The van der Waals surface area contributed by atoms with Crippen LogP contribution in [-0.4, -0.2) is 61.6 Å². The van der Waals surface area contributed by atoms with E-state index in [1.54, 1.807) is 12.1 Å². The molecule has 1 aliphatic rings. The average molecular weight is 514 g/mol. The zero-order valence-electron chi connectivity index (χ0n) is 19.1. The standard InChI is InChI=1S/C23H21F2N7O3S/c1-35-23-19(31-36(33,34)20-5-2-15(24)11-16(20)25)10-14(12-27-23)17-3-4-18-21(30-17)22(29-13-28-18)32-8-6-26-7-9-32/h2-5,10-13,26,31H,6-9H2,1H3. The number of aromatic nitrogens is 4. The molecule has 0 spiro atoms. The van der Waals surface area contributed by atoms with Crippen LogP contribution in [0.25, 0.3) is 22.3 Å². The molecule has 36 heavy (non-hydrogen) atoms. The molecule has 2 N–H and O–H groups in total. The maximum absolute atomic E-state index is 14.2. The molecular weight excluding hydrogens is 492 g/mol. The number of ether oxygens (including phenoxy) is 1. The zero-order valence-corrected chi connectivity index (χ0v) is 19.9. The molecule has 3 aromatic heterocycles. The number of methoxy groups -OCH3 is 1. The number of benzene rings is 1. The Morgan fingerprint density at radius 1 is 1.06 bits per heavy atom. The molecule has 0 aliphatic carbocycles. The number of hydrogen-bond donors (Lipinski definition) is 2. The maximum atomic E-state index is 14.2. The van der Waals surface area contributed by atoms with Crippen LogP contribution < -0.4 is 19.7 Å². The number of pyridine rings is 2. The molecule has 13 heteroatoms. The first-order chi connectivity index (χ1) is 17.4. The number of halogens is 2. The number of anilines is 2. The van der Waals surface area contributed by atoms with Gasteiger partial charge in [-0.05, 0) is 30.3 Å². The fraction of sp³-hybridized carbons (Fsp3) is 0.217. The molecule has 1 aliphatic heterocycles. The molecule has 186 valence electrons. The highest BCUT2D eigenvalue weighted by molar-refractivity contribution is 7.92. The van der Waals surface area contributed by atoms with Gasteiger partial charge in [-0.15, -0.1) is 0 Å². The summed E-state index contributed by atoms with van der Waals surface area (Å²) in [6.07, 6.45) is 2.98. The van der Waals surface area contributed by atoms with Crippen LogP contribution >= 0.6 is 0 Å². The molecule has 0 bridgehead atoms. The molecule has 10 nitrogen and oxygen atoms in total. The molecule has 0 radical (unpaired) electrons. The highest BCUT2D eigenvalue weighted by Crippen LogP contribution is 2.31. The molecule has 0 unspecified atom stereocenters. The summed E-state index contributed by atoms with van der Waals surface area (Å²) in [6.45, 7) is 3.19. The van der Waals surface area contributed by atoms with Gasteiger partial charge in [-0.1, -0.05) is 0 Å². The molecule has 0 atom stereocenters. The summed E-state index contributed by atoms with van der Waals surface area (Å²) < 4.78 is 60.6. The van der Waals surface area contributed by atoms with Gasteiger partial charge < -0.3 is 15.0 Å². The van der Waals surface area contributed by atoms with E-state index in [9.17, 15) is 17.2 Å². The van der Waals surface area contributed by atoms with Crippen LogP contribution in [0, 0.1) is 11.6 Å². The van der Waals surface area contributed by atoms with Crippen LogP contribution in [-0.2, 0) is 10.0 Å². The largest absolute Gasteiger partial charge is 0.480 e. The molecule has 1 aromatic carbocycles. The van der Waals surface area contributed by atoms with Crippen molar-refractivity contribution < 1.29 is 21.9 Å². The smallest absolute Gasteiger partial charge is 0.264 e. The Hall–Kier alpha value is -3.97. The van der Waals surface area contributed by atoms with Crippen molar-refractivity contribution in [1.29, 1.82) is 0 Å². The number of nitrogens with one attached hydrogen (secondary N) is 2. The van der Waals surface area contributed by atoms with Crippen molar-refractivity contribution in [1.82, 2.24) is 25.3 Å². The van der Waals surface area contributed by atoms with E-state index in [2.05, 4.69) is 29.9 Å². The van der Waals surface area contributed by atoms with Crippen molar-refractivity contribution in [3.63, 3.8) is 0 Å². The predicted octanol–water partition coefficient (Wildman–Crippen LogP) is 2.58. The SMILES string of the molecule is COc1ncc(-c2ccc3ncnc(N4CCNCC4)c3n2)cc1NS(=O)(=O)c1ccc(F)cc1F. The fourth-order valence-corrected chi connectivity index (χ4v) is 5.03. The molecule has 0 amide bonds. The minimum Gasteiger partial charge on any atom is -0.480 e. The van der Waals surface area contributed by atoms with Gasteiger partial charge in [0.2, 0.25) is 5.88 Å². The van der Waals surface area contributed by atoms with Gasteiger partial charge >= 0.3 is 0 Å². The van der Waals surface area contributed by atoms with E-state index in [4.69, 9.17) is 9.72 Å². The van der Waals surface area contributed by atoms with Crippen LogP contribution in [0.1, 0.15) is 0 Å². The Morgan fingerprint density at radius 3 is 2.61 bits per heavy atom. The van der Waals surface area contributed by atoms with E-state index < -0.39 is 26.6 Å². The van der Waals surface area contributed by atoms with Gasteiger partial charge in [-0.3, -0.25) is 4.72 Å². The lowest BCUT2D eigenvalue weighted by atomic mass is 10.1. The van der Waals surface area contributed by atoms with Crippen molar-refractivity contribution >= 4 is 32.6 Å². The average Bonchev–Trinajstić information content (AvgIpc) is 2.88. The fourth-order valence-electron chi connectivity index (χ4n) is 3.92. The number of fused-ring (bicyclic) bond motifs is 1. The number of rotatable bonds is 6. The van der Waals surface area contributed by atoms with Gasteiger partial charge in [-0.2, -0.15) is 0 Å². The van der Waals surface area contributed by atoms with Crippen LogP contribution in [0.3, 0.4) is 0 Å². The summed E-state index contributed by atoms with van der Waals surface area (Å²) in [7, 11) is -3.09. The van der Waals surface area contributed by atoms with Gasteiger partial charge in [-0.25, -0.2) is 37.1 Å². The van der Waals surface area contributed by atoms with Gasteiger partial charge in [0.05, 0.1) is 18.3 Å². The van der Waals surface area contributed by atoms with Crippen LogP contribution in [0.5, 0.6) is 5.88 Å². The maximum Gasteiger partial charge on any atom is 0.264 e. The number of nitrogens with zero attached hydrogens (tertiary/aromatic N) is 5. The first kappa shape index (κ1) is 23.8. The lowest BCUT2D eigenvalue weighted by Crippen LogP contribution is -2.44. The summed E-state index contributed by atoms with van der Waals surface area (Å²) in [5, 5.41) is 3.30. The van der Waals surface area contributed by atoms with Crippen LogP contribution in [0.2, 0.25) is 0 Å². The second-order valence-electron chi connectivity index (χ2n) is 7.96. The van der Waals surface area contributed by atoms with E-state index >= 15 is 0 Å². The van der Waals surface area contributed by atoms with Crippen molar-refractivity contribution in [2.45, 2.75) is 4.90 Å². The monoisotopic (exact) mass is 513 g/mol. The van der Waals surface area contributed by atoms with E-state index in [1.807, 2.05) is 0 Å². The summed E-state index contributed by atoms with van der Waals surface area (Å²) in [5.41, 5.74) is 2.20. The Bertz CT molecular complexity index is 1550. The van der Waals surface area contributed by atoms with Crippen LogP contribution in [0.4, 0.5) is 20.3 Å². The minimum atomic E-state index is -4.41. The first-order valence-electron chi connectivity index (χ1n) is 11.0. The van der Waals surface area contributed by atoms with Gasteiger partial charge in [0.25, 0.3) is 10.0 Å². The van der Waals surface area contributed by atoms with Crippen molar-refractivity contribution in [3.8, 4) is 17.1 Å². The Kier molecular flexibility index (Phi) is 6.33. The topological polar surface area (TPSA) is 122 Å². The van der Waals surface area contributed by atoms with E-state index in [1.165, 1.54) is 25.7 Å². The van der Waals surface area contributed by atoms with E-state index in [-0.39, 0.29) is 11.6 Å². The van der Waals surface area contributed by atoms with Gasteiger partial charge in [0, 0.05) is 44.0 Å². The summed E-state index contributed by atoms with van der Waals surface area (Å²) in [5.74, 6) is -1.44. The summed E-state index contributed by atoms with van der Waals surface area (Å²) in [6, 6.07) is 7.22. The minimum absolute atomic E-state index is 0.0320. The quantitative estimate of drug-likeness (QED) is 0.401. The highest BCUT2D eigenvalue weighted by atomic mass is 32.2. The second kappa shape index (κ2) is 9.59. The predicted molar refractivity (Wildman–Crippen MR) is 129 cm³/mol. The Morgan fingerprint density at radius 2 is 1.86 bits per heavy atom. The Balaban J connectivity index is 1.54. The van der Waals surface area contributed by atoms with Crippen molar-refractivity contribution in [2.24, 2.45) is 0 Å². The van der Waals surface area contributed by atoms with E-state index in [0.717, 1.165) is 38.3 Å². The highest BCUT2D eigenvalue weighted by Gasteiger charge is 2.23. The summed E-state index contributed by atoms with van der Waals surface area (Å²) >= 11 is 0. The lowest BCUT2D eigenvalue weighted by molar-refractivity contribution is 0.400. The molecule has 4 aromatic rings. The van der Waals surface area contributed by atoms with Gasteiger partial charge in [0.1, 0.15) is 34.1 Å².